The van der Waals surface area contributed by atoms with E-state index in [2.05, 4.69) is 10.6 Å². The third kappa shape index (κ3) is 4.90. The summed E-state index contributed by atoms with van der Waals surface area (Å²) in [6.45, 7) is 4.07. The molecule has 0 unspecified atom stereocenters. The van der Waals surface area contributed by atoms with Crippen molar-refractivity contribution in [3.05, 3.63) is 53.8 Å². The van der Waals surface area contributed by atoms with Gasteiger partial charge in [0.25, 0.3) is 0 Å². The van der Waals surface area contributed by atoms with E-state index in [-0.39, 0.29) is 17.8 Å². The molecule has 2 heterocycles. The Morgan fingerprint density at radius 3 is 2.61 bits per heavy atom. The van der Waals surface area contributed by atoms with E-state index in [1.54, 1.807) is 35.2 Å². The largest absolute Gasteiger partial charge is 0.486 e. The van der Waals surface area contributed by atoms with E-state index in [1.165, 1.54) is 12.1 Å². The minimum absolute atomic E-state index is 0.117. The number of rotatable bonds is 4. The van der Waals surface area contributed by atoms with E-state index in [1.807, 2.05) is 6.92 Å². The van der Waals surface area contributed by atoms with Gasteiger partial charge in [0.1, 0.15) is 19.0 Å². The van der Waals surface area contributed by atoms with Crippen LogP contribution in [0.4, 0.5) is 14.9 Å². The highest BCUT2D eigenvalue weighted by Gasteiger charge is 2.39. The number of piperidine rings is 1. The minimum atomic E-state index is -0.692. The highest BCUT2D eigenvalue weighted by molar-refractivity contribution is 5.91. The summed E-state index contributed by atoms with van der Waals surface area (Å²) in [5.41, 5.74) is 0.743. The zero-order valence-electron chi connectivity index (χ0n) is 17.4. The van der Waals surface area contributed by atoms with Gasteiger partial charge in [-0.25, -0.2) is 9.18 Å². The summed E-state index contributed by atoms with van der Waals surface area (Å²) in [7, 11) is 0. The van der Waals surface area contributed by atoms with Gasteiger partial charge >= 0.3 is 6.03 Å². The number of nitrogens with one attached hydrogen (secondary N) is 2. The predicted molar refractivity (Wildman–Crippen MR) is 114 cm³/mol. The smallest absolute Gasteiger partial charge is 0.321 e. The number of nitrogens with zero attached hydrogens (tertiary/aromatic N) is 1. The SMILES string of the molecule is C[C@@]1(C(=O)NCc2ccc(F)cc2)CCCN(C(=O)Nc2ccc3c(c2)OCCO3)C1. The van der Waals surface area contributed by atoms with Crippen LogP contribution in [0.5, 0.6) is 11.5 Å². The van der Waals surface area contributed by atoms with E-state index in [9.17, 15) is 14.0 Å². The number of halogens is 1. The maximum absolute atomic E-state index is 13.1. The molecule has 164 valence electrons. The first-order chi connectivity index (χ1) is 14.9. The maximum Gasteiger partial charge on any atom is 0.321 e. The zero-order chi connectivity index (χ0) is 21.8. The molecule has 2 aliphatic rings. The lowest BCUT2D eigenvalue weighted by molar-refractivity contribution is -0.132. The molecular weight excluding hydrogens is 401 g/mol. The van der Waals surface area contributed by atoms with Crippen LogP contribution in [-0.2, 0) is 11.3 Å². The Balaban J connectivity index is 1.35. The van der Waals surface area contributed by atoms with Crippen molar-refractivity contribution in [2.75, 3.05) is 31.6 Å². The molecule has 0 radical (unpaired) electrons. The van der Waals surface area contributed by atoms with Crippen molar-refractivity contribution in [2.45, 2.75) is 26.3 Å². The van der Waals surface area contributed by atoms with E-state index in [0.717, 1.165) is 12.0 Å². The van der Waals surface area contributed by atoms with E-state index in [4.69, 9.17) is 9.47 Å². The second kappa shape index (κ2) is 8.83. The molecule has 0 aliphatic carbocycles. The number of hydrogen-bond donors (Lipinski definition) is 2. The number of benzene rings is 2. The molecule has 7 nitrogen and oxygen atoms in total. The number of carbonyl (C=O) groups excluding carboxylic acids is 2. The second-order valence-corrected chi connectivity index (χ2v) is 8.18. The summed E-state index contributed by atoms with van der Waals surface area (Å²) < 4.78 is 24.1. The van der Waals surface area contributed by atoms with Gasteiger partial charge in [-0.15, -0.1) is 0 Å². The molecular formula is C23H26FN3O4. The fourth-order valence-corrected chi connectivity index (χ4v) is 3.92. The number of urea groups is 1. The van der Waals surface area contributed by atoms with E-state index in [0.29, 0.717) is 56.5 Å². The lowest BCUT2D eigenvalue weighted by atomic mass is 9.81. The number of amides is 3. The van der Waals surface area contributed by atoms with Crippen LogP contribution >= 0.6 is 0 Å². The number of likely N-dealkylation sites (tertiary alicyclic amines) is 1. The van der Waals surface area contributed by atoms with Crippen LogP contribution in [0.1, 0.15) is 25.3 Å². The van der Waals surface area contributed by atoms with Crippen molar-refractivity contribution < 1.29 is 23.5 Å². The van der Waals surface area contributed by atoms with Gasteiger partial charge in [0.05, 0.1) is 5.41 Å². The third-order valence-electron chi connectivity index (χ3n) is 5.69. The molecule has 0 spiro atoms. The molecule has 2 aliphatic heterocycles. The van der Waals surface area contributed by atoms with E-state index < -0.39 is 5.41 Å². The maximum atomic E-state index is 13.1. The first-order valence-corrected chi connectivity index (χ1v) is 10.4. The highest BCUT2D eigenvalue weighted by Crippen LogP contribution is 2.33. The summed E-state index contributed by atoms with van der Waals surface area (Å²) in [5, 5.41) is 5.81. The molecule has 8 heteroatoms. The van der Waals surface area contributed by atoms with Crippen molar-refractivity contribution in [3.8, 4) is 11.5 Å². The lowest BCUT2D eigenvalue weighted by Crippen LogP contribution is -2.52. The van der Waals surface area contributed by atoms with Crippen molar-refractivity contribution in [3.63, 3.8) is 0 Å². The highest BCUT2D eigenvalue weighted by atomic mass is 19.1. The Bertz CT molecular complexity index is 966. The fraction of sp³-hybridized carbons (Fsp3) is 0.391. The van der Waals surface area contributed by atoms with E-state index >= 15 is 0 Å². The number of fused-ring (bicyclic) bond motifs is 1. The molecule has 3 amide bonds. The second-order valence-electron chi connectivity index (χ2n) is 8.18. The van der Waals surface area contributed by atoms with Crippen LogP contribution in [0, 0.1) is 11.2 Å². The molecule has 31 heavy (non-hydrogen) atoms. The normalized spacial score (nSPS) is 20.1. The summed E-state index contributed by atoms with van der Waals surface area (Å²) >= 11 is 0. The number of hydrogen-bond acceptors (Lipinski definition) is 4. The van der Waals surface area contributed by atoms with Gasteiger partial charge in [-0.3, -0.25) is 4.79 Å². The van der Waals surface area contributed by atoms with Crippen LogP contribution in [0.2, 0.25) is 0 Å². The summed E-state index contributed by atoms with van der Waals surface area (Å²) in [6.07, 6.45) is 1.42. The van der Waals surface area contributed by atoms with Gasteiger partial charge in [0, 0.05) is 31.4 Å². The molecule has 0 bridgehead atoms. The van der Waals surface area contributed by atoms with Gasteiger partial charge < -0.3 is 25.0 Å². The predicted octanol–water partition coefficient (Wildman–Crippen LogP) is 3.55. The topological polar surface area (TPSA) is 79.9 Å². The molecule has 4 rings (SSSR count). The molecule has 0 aromatic heterocycles. The average molecular weight is 427 g/mol. The zero-order valence-corrected chi connectivity index (χ0v) is 17.4. The van der Waals surface area contributed by atoms with Crippen LogP contribution in [0.3, 0.4) is 0 Å². The summed E-state index contributed by atoms with van der Waals surface area (Å²) in [6, 6.07) is 11.1. The van der Waals surface area contributed by atoms with Gasteiger partial charge in [-0.2, -0.15) is 0 Å². The fourth-order valence-electron chi connectivity index (χ4n) is 3.92. The third-order valence-corrected chi connectivity index (χ3v) is 5.69. The Morgan fingerprint density at radius 2 is 1.84 bits per heavy atom. The molecule has 0 saturated carbocycles. The van der Waals surface area contributed by atoms with Gasteiger partial charge in [0.2, 0.25) is 5.91 Å². The quantitative estimate of drug-likeness (QED) is 0.782. The van der Waals surface area contributed by atoms with Crippen molar-refractivity contribution in [1.82, 2.24) is 10.2 Å². The standard InChI is InChI=1S/C23H26FN3O4/c1-23(21(28)25-14-16-3-5-17(24)6-4-16)9-2-10-27(15-23)22(29)26-18-7-8-19-20(13-18)31-12-11-30-19/h3-8,13H,2,9-12,14-15H2,1H3,(H,25,28)(H,26,29)/t23-/m1/s1. The molecule has 1 saturated heterocycles. The number of anilines is 1. The average Bonchev–Trinajstić information content (AvgIpc) is 2.78. The minimum Gasteiger partial charge on any atom is -0.486 e. The van der Waals surface area contributed by atoms with Gasteiger partial charge in [-0.1, -0.05) is 12.1 Å². The molecule has 2 N–H and O–H groups in total. The van der Waals surface area contributed by atoms with Gasteiger partial charge in [0.15, 0.2) is 11.5 Å². The molecule has 1 atom stereocenters. The van der Waals surface area contributed by atoms with Gasteiger partial charge in [-0.05, 0) is 49.6 Å². The van der Waals surface area contributed by atoms with Crippen molar-refractivity contribution in [2.24, 2.45) is 5.41 Å². The first-order valence-electron chi connectivity index (χ1n) is 10.4. The summed E-state index contributed by atoms with van der Waals surface area (Å²) in [5.74, 6) is 0.836. The number of ether oxygens (including phenoxy) is 2. The monoisotopic (exact) mass is 427 g/mol. The Hall–Kier alpha value is -3.29. The first kappa shape index (κ1) is 21.0. The summed E-state index contributed by atoms with van der Waals surface area (Å²) in [4.78, 5) is 27.4. The Labute approximate surface area is 180 Å². The van der Waals surface area contributed by atoms with Crippen LogP contribution in [0.15, 0.2) is 42.5 Å². The van der Waals surface area contributed by atoms with Crippen molar-refractivity contribution in [1.29, 1.82) is 0 Å². The molecule has 1 fully saturated rings. The molecule has 2 aromatic carbocycles. The van der Waals surface area contributed by atoms with Crippen LogP contribution < -0.4 is 20.1 Å². The van der Waals surface area contributed by atoms with Crippen LogP contribution in [-0.4, -0.2) is 43.1 Å². The lowest BCUT2D eigenvalue weighted by Gasteiger charge is -2.39. The Morgan fingerprint density at radius 1 is 1.10 bits per heavy atom. The van der Waals surface area contributed by atoms with Crippen LogP contribution in [0.25, 0.3) is 0 Å². The Kier molecular flexibility index (Phi) is 5.97. The molecule has 2 aromatic rings. The number of carbonyl (C=O) groups is 2. The van der Waals surface area contributed by atoms with Crippen molar-refractivity contribution >= 4 is 17.6 Å².